The minimum atomic E-state index is -1.05. The third-order valence-corrected chi connectivity index (χ3v) is 3.15. The van der Waals surface area contributed by atoms with Gasteiger partial charge in [0.25, 0.3) is 0 Å². The maximum absolute atomic E-state index is 11.2. The first-order valence-electron chi connectivity index (χ1n) is 6.06. The number of aromatic hydroxyl groups is 1. The van der Waals surface area contributed by atoms with E-state index in [2.05, 4.69) is 4.98 Å². The number of carboxylic acids is 1. The number of phenolic OH excluding ortho intramolecular Hbond substituents is 1. The summed E-state index contributed by atoms with van der Waals surface area (Å²) >= 11 is 0. The Morgan fingerprint density at radius 3 is 2.55 bits per heavy atom. The van der Waals surface area contributed by atoms with E-state index >= 15 is 0 Å². The van der Waals surface area contributed by atoms with Crippen LogP contribution in [0, 0.1) is 0 Å². The van der Waals surface area contributed by atoms with E-state index in [4.69, 9.17) is 0 Å². The zero-order valence-electron chi connectivity index (χ0n) is 10.4. The molecule has 0 amide bonds. The van der Waals surface area contributed by atoms with E-state index in [0.717, 1.165) is 16.3 Å². The monoisotopic (exact) mass is 265 g/mol. The van der Waals surface area contributed by atoms with Gasteiger partial charge in [0, 0.05) is 11.8 Å². The number of aromatic nitrogens is 1. The summed E-state index contributed by atoms with van der Waals surface area (Å²) in [6, 6.07) is 14.1. The molecule has 0 aliphatic heterocycles. The quantitative estimate of drug-likeness (QED) is 0.745. The van der Waals surface area contributed by atoms with Gasteiger partial charge in [-0.1, -0.05) is 24.3 Å². The topological polar surface area (TPSA) is 70.4 Å². The van der Waals surface area contributed by atoms with Crippen molar-refractivity contribution < 1.29 is 15.0 Å². The predicted molar refractivity (Wildman–Crippen MR) is 75.8 cm³/mol. The SMILES string of the molecule is O=C(O)c1ncccc1-c1ccc2cc(O)ccc2c1. The van der Waals surface area contributed by atoms with Gasteiger partial charge in [0.15, 0.2) is 5.69 Å². The molecule has 3 aromatic rings. The molecule has 0 fully saturated rings. The van der Waals surface area contributed by atoms with E-state index in [1.54, 1.807) is 30.3 Å². The summed E-state index contributed by atoms with van der Waals surface area (Å²) in [5, 5.41) is 20.5. The molecule has 0 bridgehead atoms. The van der Waals surface area contributed by atoms with Crippen LogP contribution in [0.2, 0.25) is 0 Å². The Labute approximate surface area is 115 Å². The molecule has 2 aromatic carbocycles. The van der Waals surface area contributed by atoms with Crippen molar-refractivity contribution in [3.05, 3.63) is 60.4 Å². The van der Waals surface area contributed by atoms with Crippen LogP contribution in [-0.2, 0) is 0 Å². The third-order valence-electron chi connectivity index (χ3n) is 3.15. The molecular weight excluding hydrogens is 254 g/mol. The molecule has 1 aromatic heterocycles. The van der Waals surface area contributed by atoms with Gasteiger partial charge in [-0.3, -0.25) is 0 Å². The number of hydrogen-bond acceptors (Lipinski definition) is 3. The van der Waals surface area contributed by atoms with Gasteiger partial charge < -0.3 is 10.2 Å². The number of carbonyl (C=O) groups is 1. The van der Waals surface area contributed by atoms with Crippen LogP contribution in [0.1, 0.15) is 10.5 Å². The summed E-state index contributed by atoms with van der Waals surface area (Å²) in [4.78, 5) is 15.1. The Hall–Kier alpha value is -2.88. The molecule has 0 saturated carbocycles. The lowest BCUT2D eigenvalue weighted by atomic mass is 10.00. The van der Waals surface area contributed by atoms with Crippen molar-refractivity contribution in [2.24, 2.45) is 0 Å². The van der Waals surface area contributed by atoms with Gasteiger partial charge in [0.05, 0.1) is 0 Å². The normalized spacial score (nSPS) is 10.6. The van der Waals surface area contributed by atoms with E-state index in [1.165, 1.54) is 6.20 Å². The summed E-state index contributed by atoms with van der Waals surface area (Å²) in [6.07, 6.45) is 1.46. The fourth-order valence-electron chi connectivity index (χ4n) is 2.21. The van der Waals surface area contributed by atoms with E-state index < -0.39 is 5.97 Å². The van der Waals surface area contributed by atoms with Crippen LogP contribution < -0.4 is 0 Å². The molecule has 0 aliphatic rings. The molecule has 0 spiro atoms. The van der Waals surface area contributed by atoms with E-state index in [0.29, 0.717) is 5.56 Å². The summed E-state index contributed by atoms with van der Waals surface area (Å²) in [7, 11) is 0. The van der Waals surface area contributed by atoms with Gasteiger partial charge in [0.2, 0.25) is 0 Å². The Kier molecular flexibility index (Phi) is 2.84. The van der Waals surface area contributed by atoms with Crippen molar-refractivity contribution in [3.63, 3.8) is 0 Å². The summed E-state index contributed by atoms with van der Waals surface area (Å²) in [6.45, 7) is 0. The minimum Gasteiger partial charge on any atom is -0.508 e. The molecule has 0 unspecified atom stereocenters. The van der Waals surface area contributed by atoms with E-state index in [-0.39, 0.29) is 11.4 Å². The molecule has 0 saturated heterocycles. The van der Waals surface area contributed by atoms with Crippen molar-refractivity contribution in [2.45, 2.75) is 0 Å². The molecule has 0 aliphatic carbocycles. The molecule has 0 atom stereocenters. The highest BCUT2D eigenvalue weighted by Gasteiger charge is 2.12. The second-order valence-electron chi connectivity index (χ2n) is 4.45. The average Bonchev–Trinajstić information content (AvgIpc) is 2.46. The number of benzene rings is 2. The van der Waals surface area contributed by atoms with Crippen LogP contribution in [0.3, 0.4) is 0 Å². The Balaban J connectivity index is 2.20. The minimum absolute atomic E-state index is 0.0330. The van der Waals surface area contributed by atoms with Crippen LogP contribution in [0.4, 0.5) is 0 Å². The van der Waals surface area contributed by atoms with Gasteiger partial charge >= 0.3 is 5.97 Å². The number of aromatic carboxylic acids is 1. The highest BCUT2D eigenvalue weighted by atomic mass is 16.4. The first-order chi connectivity index (χ1) is 9.65. The lowest BCUT2D eigenvalue weighted by molar-refractivity contribution is 0.0691. The zero-order valence-corrected chi connectivity index (χ0v) is 10.4. The summed E-state index contributed by atoms with van der Waals surface area (Å²) in [5.41, 5.74) is 1.40. The van der Waals surface area contributed by atoms with Gasteiger partial charge in [-0.2, -0.15) is 0 Å². The molecular formula is C16H11NO3. The second-order valence-corrected chi connectivity index (χ2v) is 4.45. The lowest BCUT2D eigenvalue weighted by Gasteiger charge is -2.07. The fourth-order valence-corrected chi connectivity index (χ4v) is 2.21. The maximum atomic E-state index is 11.2. The first-order valence-corrected chi connectivity index (χ1v) is 6.06. The smallest absolute Gasteiger partial charge is 0.355 e. The summed E-state index contributed by atoms with van der Waals surface area (Å²) in [5.74, 6) is -0.843. The third kappa shape index (κ3) is 2.07. The number of phenols is 1. The molecule has 0 radical (unpaired) electrons. The van der Waals surface area contributed by atoms with E-state index in [9.17, 15) is 15.0 Å². The fraction of sp³-hybridized carbons (Fsp3) is 0. The molecule has 1 heterocycles. The van der Waals surface area contributed by atoms with Crippen LogP contribution >= 0.6 is 0 Å². The maximum Gasteiger partial charge on any atom is 0.355 e. The average molecular weight is 265 g/mol. The van der Waals surface area contributed by atoms with Gasteiger partial charge in [0.1, 0.15) is 5.75 Å². The van der Waals surface area contributed by atoms with Gasteiger partial charge in [-0.15, -0.1) is 0 Å². The van der Waals surface area contributed by atoms with Crippen molar-refractivity contribution >= 4 is 16.7 Å². The van der Waals surface area contributed by atoms with Crippen molar-refractivity contribution in [1.29, 1.82) is 0 Å². The number of pyridine rings is 1. The zero-order chi connectivity index (χ0) is 14.1. The lowest BCUT2D eigenvalue weighted by Crippen LogP contribution is -2.02. The van der Waals surface area contributed by atoms with Crippen LogP contribution in [0.25, 0.3) is 21.9 Å². The molecule has 3 rings (SSSR count). The van der Waals surface area contributed by atoms with E-state index in [1.807, 2.05) is 18.2 Å². The van der Waals surface area contributed by atoms with Crippen LogP contribution in [-0.4, -0.2) is 21.2 Å². The van der Waals surface area contributed by atoms with Gasteiger partial charge in [-0.05, 0) is 40.6 Å². The number of carboxylic acid groups (broad SMARTS) is 1. The molecule has 20 heavy (non-hydrogen) atoms. The van der Waals surface area contributed by atoms with Crippen molar-refractivity contribution in [2.75, 3.05) is 0 Å². The van der Waals surface area contributed by atoms with Crippen LogP contribution in [0.5, 0.6) is 5.75 Å². The molecule has 4 nitrogen and oxygen atoms in total. The first kappa shape index (κ1) is 12.2. The van der Waals surface area contributed by atoms with Crippen LogP contribution in [0.15, 0.2) is 54.7 Å². The predicted octanol–water partition coefficient (Wildman–Crippen LogP) is 3.31. The molecule has 2 N–H and O–H groups in total. The number of nitrogens with zero attached hydrogens (tertiary/aromatic N) is 1. The van der Waals surface area contributed by atoms with Gasteiger partial charge in [-0.25, -0.2) is 9.78 Å². The number of fused-ring (bicyclic) bond motifs is 1. The highest BCUT2D eigenvalue weighted by Crippen LogP contribution is 2.28. The molecule has 98 valence electrons. The highest BCUT2D eigenvalue weighted by molar-refractivity contribution is 5.96. The number of rotatable bonds is 2. The Morgan fingerprint density at radius 1 is 1.00 bits per heavy atom. The molecule has 4 heteroatoms. The summed E-state index contributed by atoms with van der Waals surface area (Å²) < 4.78 is 0. The largest absolute Gasteiger partial charge is 0.508 e. The second kappa shape index (κ2) is 4.66. The Bertz CT molecular complexity index is 812. The number of hydrogen-bond donors (Lipinski definition) is 2. The standard InChI is InChI=1S/C16H11NO3/c18-13-6-5-10-8-12(4-3-11(10)9-13)14-2-1-7-17-15(14)16(19)20/h1-9,18H,(H,19,20). The Morgan fingerprint density at radius 2 is 1.75 bits per heavy atom. The van der Waals surface area contributed by atoms with Crippen molar-refractivity contribution in [1.82, 2.24) is 4.98 Å². The van der Waals surface area contributed by atoms with Crippen molar-refractivity contribution in [3.8, 4) is 16.9 Å².